The lowest BCUT2D eigenvalue weighted by Gasteiger charge is -2.31. The summed E-state index contributed by atoms with van der Waals surface area (Å²) in [6.07, 6.45) is 1.40. The predicted molar refractivity (Wildman–Crippen MR) is 106 cm³/mol. The average Bonchev–Trinajstić information content (AvgIpc) is 2.70. The highest BCUT2D eigenvalue weighted by atomic mass is 32.2. The molecule has 2 aromatic carbocycles. The number of benzene rings is 2. The molecule has 1 fully saturated rings. The first-order valence-electron chi connectivity index (χ1n) is 9.09. The van der Waals surface area contributed by atoms with E-state index in [1.165, 1.54) is 4.31 Å². The minimum Gasteiger partial charge on any atom is -0.369 e. The van der Waals surface area contributed by atoms with Crippen molar-refractivity contribution in [1.82, 2.24) is 4.31 Å². The molecule has 8 heteroatoms. The lowest BCUT2D eigenvalue weighted by atomic mass is 9.98. The Balaban J connectivity index is 1.65. The lowest BCUT2D eigenvalue weighted by Crippen LogP contribution is -2.43. The summed E-state index contributed by atoms with van der Waals surface area (Å²) in [7, 11) is -3.61. The zero-order chi connectivity index (χ0) is 20.1. The van der Waals surface area contributed by atoms with Gasteiger partial charge in [-0.25, -0.2) is 8.42 Å². The zero-order valence-electron chi connectivity index (χ0n) is 15.4. The van der Waals surface area contributed by atoms with E-state index in [2.05, 4.69) is 5.32 Å². The Hall–Kier alpha value is -2.71. The second-order valence-corrected chi connectivity index (χ2v) is 8.78. The van der Waals surface area contributed by atoms with E-state index < -0.39 is 21.8 Å². The van der Waals surface area contributed by atoms with E-state index >= 15 is 0 Å². The third kappa shape index (κ3) is 4.76. The van der Waals surface area contributed by atoms with Crippen LogP contribution in [0.5, 0.6) is 0 Å². The third-order valence-corrected chi connectivity index (χ3v) is 6.62. The number of sulfonamides is 1. The molecule has 7 nitrogen and oxygen atoms in total. The van der Waals surface area contributed by atoms with Crippen molar-refractivity contribution in [3.8, 4) is 0 Å². The molecule has 0 aliphatic carbocycles. The zero-order valence-corrected chi connectivity index (χ0v) is 16.2. The normalized spacial score (nSPS) is 17.8. The molecule has 0 bridgehead atoms. The number of primary amides is 1. The van der Waals surface area contributed by atoms with Gasteiger partial charge >= 0.3 is 0 Å². The van der Waals surface area contributed by atoms with Crippen molar-refractivity contribution < 1.29 is 18.0 Å². The summed E-state index contributed by atoms with van der Waals surface area (Å²) in [6.45, 7) is 0.561. The van der Waals surface area contributed by atoms with Crippen molar-refractivity contribution in [2.45, 2.75) is 24.2 Å². The van der Waals surface area contributed by atoms with Gasteiger partial charge in [0.05, 0.1) is 17.2 Å². The molecule has 2 aromatic rings. The first-order valence-corrected chi connectivity index (χ1v) is 10.5. The average molecular weight is 401 g/mol. The van der Waals surface area contributed by atoms with Gasteiger partial charge in [-0.3, -0.25) is 9.59 Å². The summed E-state index contributed by atoms with van der Waals surface area (Å²) in [5, 5.41) is 2.83. The van der Waals surface area contributed by atoms with E-state index in [1.54, 1.807) is 54.6 Å². The maximum atomic E-state index is 12.8. The molecule has 1 atom stereocenters. The fourth-order valence-corrected chi connectivity index (χ4v) is 4.81. The highest BCUT2D eigenvalue weighted by Crippen LogP contribution is 2.24. The Kier molecular flexibility index (Phi) is 6.11. The summed E-state index contributed by atoms with van der Waals surface area (Å²) in [5.41, 5.74) is 6.53. The van der Waals surface area contributed by atoms with Crippen LogP contribution in [0.1, 0.15) is 18.4 Å². The van der Waals surface area contributed by atoms with Crippen LogP contribution in [0.15, 0.2) is 59.5 Å². The van der Waals surface area contributed by atoms with Crippen LogP contribution in [0.4, 0.5) is 5.69 Å². The molecule has 0 saturated carbocycles. The van der Waals surface area contributed by atoms with Gasteiger partial charge in [0.15, 0.2) is 0 Å². The highest BCUT2D eigenvalue weighted by molar-refractivity contribution is 7.89. The fourth-order valence-electron chi connectivity index (χ4n) is 3.27. The van der Waals surface area contributed by atoms with Gasteiger partial charge in [-0.2, -0.15) is 4.31 Å². The Bertz CT molecular complexity index is 943. The molecule has 1 aliphatic rings. The van der Waals surface area contributed by atoms with E-state index in [0.717, 1.165) is 5.56 Å². The quantitative estimate of drug-likeness (QED) is 0.768. The Morgan fingerprint density at radius 3 is 2.39 bits per heavy atom. The molecule has 3 rings (SSSR count). The van der Waals surface area contributed by atoms with Crippen LogP contribution in [0.3, 0.4) is 0 Å². The summed E-state index contributed by atoms with van der Waals surface area (Å²) in [6, 6.07) is 15.1. The summed E-state index contributed by atoms with van der Waals surface area (Å²) in [5.74, 6) is -1.05. The van der Waals surface area contributed by atoms with Crippen molar-refractivity contribution in [2.24, 2.45) is 11.7 Å². The van der Waals surface area contributed by atoms with E-state index in [-0.39, 0.29) is 23.8 Å². The summed E-state index contributed by atoms with van der Waals surface area (Å²) in [4.78, 5) is 23.8. The number of rotatable bonds is 6. The number of nitrogens with two attached hydrogens (primary N) is 1. The number of amides is 2. The van der Waals surface area contributed by atoms with Crippen molar-refractivity contribution in [2.75, 3.05) is 18.4 Å². The van der Waals surface area contributed by atoms with Gasteiger partial charge < -0.3 is 11.1 Å². The van der Waals surface area contributed by atoms with Gasteiger partial charge in [0.25, 0.3) is 0 Å². The molecule has 1 aliphatic heterocycles. The van der Waals surface area contributed by atoms with E-state index in [1.807, 2.05) is 0 Å². The van der Waals surface area contributed by atoms with Crippen molar-refractivity contribution >= 4 is 27.5 Å². The lowest BCUT2D eigenvalue weighted by molar-refractivity contribution is -0.121. The fraction of sp³-hybridized carbons (Fsp3) is 0.300. The second-order valence-electron chi connectivity index (χ2n) is 6.84. The molecule has 3 N–H and O–H groups in total. The first-order chi connectivity index (χ1) is 13.4. The predicted octanol–water partition coefficient (Wildman–Crippen LogP) is 1.75. The van der Waals surface area contributed by atoms with Gasteiger partial charge in [-0.1, -0.05) is 30.3 Å². The van der Waals surface area contributed by atoms with Crippen LogP contribution in [0.25, 0.3) is 0 Å². The molecule has 2 amide bonds. The molecular weight excluding hydrogens is 378 g/mol. The van der Waals surface area contributed by atoms with Gasteiger partial charge in [-0.05, 0) is 42.7 Å². The minimum absolute atomic E-state index is 0.142. The van der Waals surface area contributed by atoms with Crippen LogP contribution in [0, 0.1) is 5.92 Å². The molecule has 148 valence electrons. The van der Waals surface area contributed by atoms with Crippen LogP contribution >= 0.6 is 0 Å². The number of nitrogens with one attached hydrogen (secondary N) is 1. The van der Waals surface area contributed by atoms with Gasteiger partial charge in [0.2, 0.25) is 21.8 Å². The van der Waals surface area contributed by atoms with E-state index in [9.17, 15) is 18.0 Å². The maximum absolute atomic E-state index is 12.8. The Morgan fingerprint density at radius 1 is 1.07 bits per heavy atom. The molecule has 0 aromatic heterocycles. The van der Waals surface area contributed by atoms with Crippen LogP contribution < -0.4 is 11.1 Å². The first kappa shape index (κ1) is 20.0. The molecule has 0 unspecified atom stereocenters. The molecule has 1 heterocycles. The number of anilines is 1. The molecular formula is C20H23N3O4S. The second kappa shape index (κ2) is 8.53. The molecule has 28 heavy (non-hydrogen) atoms. The van der Waals surface area contributed by atoms with Gasteiger partial charge in [-0.15, -0.1) is 0 Å². The number of piperidine rings is 1. The van der Waals surface area contributed by atoms with Crippen molar-refractivity contribution in [1.29, 1.82) is 0 Å². The SMILES string of the molecule is NC(=O)Cc1ccc(NC(=O)[C@@H]2CCCN(S(=O)(=O)c3ccccc3)C2)cc1. The van der Waals surface area contributed by atoms with E-state index in [0.29, 0.717) is 25.1 Å². The highest BCUT2D eigenvalue weighted by Gasteiger charge is 2.33. The van der Waals surface area contributed by atoms with Gasteiger partial charge in [0.1, 0.15) is 0 Å². The number of nitrogens with zero attached hydrogens (tertiary/aromatic N) is 1. The standard InChI is InChI=1S/C20H23N3O4S/c21-19(24)13-15-8-10-17(11-9-15)22-20(25)16-5-4-12-23(14-16)28(26,27)18-6-2-1-3-7-18/h1-3,6-11,16H,4-5,12-14H2,(H2,21,24)(H,22,25)/t16-/m1/s1. The Labute approximate surface area is 164 Å². The van der Waals surface area contributed by atoms with Crippen molar-refractivity contribution in [3.05, 3.63) is 60.2 Å². The molecule has 1 saturated heterocycles. The number of carbonyl (C=O) groups is 2. The van der Waals surface area contributed by atoms with Crippen LogP contribution in [-0.4, -0.2) is 37.6 Å². The minimum atomic E-state index is -3.61. The summed E-state index contributed by atoms with van der Waals surface area (Å²) < 4.78 is 27.0. The number of hydrogen-bond donors (Lipinski definition) is 2. The monoisotopic (exact) mass is 401 g/mol. The third-order valence-electron chi connectivity index (χ3n) is 4.74. The topological polar surface area (TPSA) is 110 Å². The number of hydrogen-bond acceptors (Lipinski definition) is 4. The number of carbonyl (C=O) groups excluding carboxylic acids is 2. The smallest absolute Gasteiger partial charge is 0.243 e. The van der Waals surface area contributed by atoms with Crippen LogP contribution in [-0.2, 0) is 26.0 Å². The maximum Gasteiger partial charge on any atom is 0.243 e. The Morgan fingerprint density at radius 2 is 1.75 bits per heavy atom. The largest absolute Gasteiger partial charge is 0.369 e. The van der Waals surface area contributed by atoms with Crippen molar-refractivity contribution in [3.63, 3.8) is 0 Å². The van der Waals surface area contributed by atoms with E-state index in [4.69, 9.17) is 5.73 Å². The molecule has 0 spiro atoms. The summed E-state index contributed by atoms with van der Waals surface area (Å²) >= 11 is 0. The van der Waals surface area contributed by atoms with Crippen LogP contribution in [0.2, 0.25) is 0 Å². The molecule has 0 radical (unpaired) electrons. The van der Waals surface area contributed by atoms with Gasteiger partial charge in [0, 0.05) is 18.8 Å².